The van der Waals surface area contributed by atoms with Crippen LogP contribution in [0.4, 0.5) is 0 Å². The van der Waals surface area contributed by atoms with Crippen molar-refractivity contribution in [1.82, 2.24) is 4.57 Å². The first-order valence-electron chi connectivity index (χ1n) is 10.8. The first-order valence-corrected chi connectivity index (χ1v) is 10.8. The molecule has 4 aromatic rings. The highest BCUT2D eigenvalue weighted by Gasteiger charge is 2.26. The Hall–Kier alpha value is -3.90. The summed E-state index contributed by atoms with van der Waals surface area (Å²) in [6.45, 7) is 3.73. The largest absolute Gasteiger partial charge is 0.354 e. The van der Waals surface area contributed by atoms with Crippen LogP contribution < -0.4 is 0 Å². The average Bonchev–Trinajstić information content (AvgIpc) is 3.18. The monoisotopic (exact) mass is 443 g/mol. The third-order valence-electron chi connectivity index (χ3n) is 5.55. The molecule has 0 saturated carbocycles. The fourth-order valence-corrected chi connectivity index (χ4v) is 3.99. The van der Waals surface area contributed by atoms with Crippen molar-refractivity contribution in [1.29, 1.82) is 0 Å². The second kappa shape index (κ2) is 10.1. The van der Waals surface area contributed by atoms with E-state index in [2.05, 4.69) is 57.0 Å². The number of hydrogen-bond donors (Lipinski definition) is 0. The fourth-order valence-electron chi connectivity index (χ4n) is 3.99. The molecule has 0 N–H and O–H groups in total. The molecule has 1 aromatic heterocycles. The van der Waals surface area contributed by atoms with Crippen molar-refractivity contribution >= 4 is 22.8 Å². The zero-order valence-electron chi connectivity index (χ0n) is 18.6. The summed E-state index contributed by atoms with van der Waals surface area (Å²) >= 11 is 0. The van der Waals surface area contributed by atoms with Crippen molar-refractivity contribution in [3.63, 3.8) is 0 Å². The second-order valence-corrected chi connectivity index (χ2v) is 7.80. The topological polar surface area (TPSA) is 66.8 Å². The molecule has 0 bridgehead atoms. The Kier molecular flexibility index (Phi) is 6.86. The van der Waals surface area contributed by atoms with Crippen LogP contribution in [0.15, 0.2) is 85.1 Å². The summed E-state index contributed by atoms with van der Waals surface area (Å²) in [6.07, 6.45) is 2.48. The Bertz CT molecular complexity index is 1250. The van der Waals surface area contributed by atoms with Crippen LogP contribution in [0.5, 0.6) is 0 Å². The van der Waals surface area contributed by atoms with Crippen molar-refractivity contribution < 1.29 is 24.4 Å². The van der Waals surface area contributed by atoms with Crippen LogP contribution in [0.25, 0.3) is 22.0 Å². The number of fused-ring (bicyclic) bond motifs is 1. The van der Waals surface area contributed by atoms with Gasteiger partial charge >= 0.3 is 11.9 Å². The van der Waals surface area contributed by atoms with E-state index in [1.165, 1.54) is 0 Å². The zero-order valence-corrected chi connectivity index (χ0v) is 18.6. The van der Waals surface area contributed by atoms with Gasteiger partial charge in [0.05, 0.1) is 5.92 Å². The van der Waals surface area contributed by atoms with Crippen molar-refractivity contribution in [3.8, 4) is 11.1 Å². The summed E-state index contributed by atoms with van der Waals surface area (Å²) < 4.78 is 2.14. The highest BCUT2D eigenvalue weighted by molar-refractivity contribution is 5.93. The molecule has 1 unspecified atom stereocenters. The maximum atomic E-state index is 12.8. The molecule has 4 rings (SSSR count). The van der Waals surface area contributed by atoms with E-state index in [9.17, 15) is 9.59 Å². The van der Waals surface area contributed by atoms with Crippen LogP contribution in [0.1, 0.15) is 37.3 Å². The Morgan fingerprint density at radius 1 is 0.879 bits per heavy atom. The molecule has 168 valence electrons. The molecule has 3 aromatic carbocycles. The maximum Gasteiger partial charge on any atom is 0.354 e. The van der Waals surface area contributed by atoms with E-state index in [1.807, 2.05) is 49.5 Å². The molecule has 0 saturated heterocycles. The Labute approximate surface area is 192 Å². The van der Waals surface area contributed by atoms with Crippen LogP contribution in [0.2, 0.25) is 0 Å². The van der Waals surface area contributed by atoms with Gasteiger partial charge in [-0.05, 0) is 40.8 Å². The van der Waals surface area contributed by atoms with Crippen LogP contribution in [0.3, 0.4) is 0 Å². The molecule has 0 radical (unpaired) electrons. The van der Waals surface area contributed by atoms with Gasteiger partial charge in [-0.2, -0.15) is 0 Å². The fraction of sp³-hybridized carbons (Fsp3) is 0.185. The summed E-state index contributed by atoms with van der Waals surface area (Å²) in [6, 6.07) is 26.5. The van der Waals surface area contributed by atoms with Gasteiger partial charge in [0, 0.05) is 35.6 Å². The summed E-state index contributed by atoms with van der Waals surface area (Å²) in [7, 11) is 0. The SMILES string of the molecule is CCC(C(=O)OOOC(C)=O)c1cn(Cc2ccccc2)c2ccc(-c3ccccc3)cc12. The highest BCUT2D eigenvalue weighted by atomic mass is 17.5. The lowest BCUT2D eigenvalue weighted by Gasteiger charge is -2.12. The third-order valence-corrected chi connectivity index (χ3v) is 5.55. The molecular formula is C27H25NO5. The van der Waals surface area contributed by atoms with E-state index in [1.54, 1.807) is 0 Å². The molecule has 6 nitrogen and oxygen atoms in total. The lowest BCUT2D eigenvalue weighted by molar-refractivity contribution is -0.459. The van der Waals surface area contributed by atoms with Gasteiger partial charge in [0.25, 0.3) is 0 Å². The van der Waals surface area contributed by atoms with Crippen LogP contribution in [-0.2, 0) is 30.9 Å². The number of aromatic nitrogens is 1. The van der Waals surface area contributed by atoms with Crippen molar-refractivity contribution in [2.24, 2.45) is 0 Å². The summed E-state index contributed by atoms with van der Waals surface area (Å²) in [4.78, 5) is 32.8. The second-order valence-electron chi connectivity index (χ2n) is 7.80. The number of benzene rings is 3. The smallest absolute Gasteiger partial charge is 0.343 e. The van der Waals surface area contributed by atoms with Crippen LogP contribution in [0, 0.1) is 0 Å². The first-order chi connectivity index (χ1) is 16.1. The molecule has 6 heteroatoms. The van der Waals surface area contributed by atoms with Gasteiger partial charge in [-0.1, -0.05) is 73.7 Å². The summed E-state index contributed by atoms with van der Waals surface area (Å²) in [5, 5.41) is 5.32. The third kappa shape index (κ3) is 5.13. The standard InChI is InChI=1S/C27H25NO5/c1-3-23(27(30)32-33-31-19(2)29)25-18-28(17-20-10-6-4-7-11-20)26-15-14-22(16-24(25)26)21-12-8-5-9-13-21/h4-16,18,23H,3,17H2,1-2H3. The number of nitrogens with zero attached hydrogens (tertiary/aromatic N) is 1. The van der Waals surface area contributed by atoms with Crippen LogP contribution >= 0.6 is 0 Å². The molecule has 0 spiro atoms. The molecule has 0 amide bonds. The quantitative estimate of drug-likeness (QED) is 0.254. The van der Waals surface area contributed by atoms with E-state index in [4.69, 9.17) is 4.89 Å². The minimum Gasteiger partial charge on any atom is -0.343 e. The van der Waals surface area contributed by atoms with Gasteiger partial charge < -0.3 is 4.57 Å². The minimum atomic E-state index is -0.706. The average molecular weight is 443 g/mol. The predicted octanol–water partition coefficient (Wildman–Crippen LogP) is 5.80. The molecule has 0 aliphatic carbocycles. The minimum absolute atomic E-state index is 0.488. The Balaban J connectivity index is 1.76. The molecule has 1 atom stereocenters. The van der Waals surface area contributed by atoms with Gasteiger partial charge in [0.2, 0.25) is 0 Å². The predicted molar refractivity (Wildman–Crippen MR) is 125 cm³/mol. The van der Waals surface area contributed by atoms with Gasteiger partial charge in [-0.25, -0.2) is 9.59 Å². The van der Waals surface area contributed by atoms with Gasteiger partial charge in [-0.3, -0.25) is 9.78 Å². The highest BCUT2D eigenvalue weighted by Crippen LogP contribution is 2.34. The molecule has 0 fully saturated rings. The van der Waals surface area contributed by atoms with Gasteiger partial charge in [-0.15, -0.1) is 0 Å². The molecule has 1 heterocycles. The Morgan fingerprint density at radius 3 is 2.24 bits per heavy atom. The van der Waals surface area contributed by atoms with Crippen molar-refractivity contribution in [3.05, 3.63) is 96.2 Å². The molecule has 0 aliphatic heterocycles. The molecular weight excluding hydrogens is 418 g/mol. The molecule has 0 aliphatic rings. The van der Waals surface area contributed by atoms with Crippen molar-refractivity contribution in [2.75, 3.05) is 0 Å². The number of carbonyl (C=O) groups is 2. The normalized spacial score (nSPS) is 11.8. The molecule has 33 heavy (non-hydrogen) atoms. The van der Waals surface area contributed by atoms with Gasteiger partial charge in [0.15, 0.2) is 0 Å². The van der Waals surface area contributed by atoms with E-state index in [0.29, 0.717) is 13.0 Å². The zero-order chi connectivity index (χ0) is 23.2. The number of carbonyl (C=O) groups excluding carboxylic acids is 2. The van der Waals surface area contributed by atoms with E-state index in [-0.39, 0.29) is 0 Å². The Morgan fingerprint density at radius 2 is 1.58 bits per heavy atom. The lowest BCUT2D eigenvalue weighted by Crippen LogP contribution is -2.16. The van der Waals surface area contributed by atoms with Crippen LogP contribution in [-0.4, -0.2) is 16.5 Å². The summed E-state index contributed by atoms with van der Waals surface area (Å²) in [5.74, 6) is -1.92. The first kappa shape index (κ1) is 22.3. The lowest BCUT2D eigenvalue weighted by atomic mass is 9.94. The van der Waals surface area contributed by atoms with E-state index >= 15 is 0 Å². The van der Waals surface area contributed by atoms with E-state index < -0.39 is 17.9 Å². The number of rotatable bonds is 8. The van der Waals surface area contributed by atoms with Crippen molar-refractivity contribution in [2.45, 2.75) is 32.7 Å². The van der Waals surface area contributed by atoms with Gasteiger partial charge in [0.1, 0.15) is 0 Å². The summed E-state index contributed by atoms with van der Waals surface area (Å²) in [5.41, 5.74) is 5.15. The maximum absolute atomic E-state index is 12.8. The number of hydrogen-bond acceptors (Lipinski definition) is 5. The van der Waals surface area contributed by atoms with E-state index in [0.717, 1.165) is 40.1 Å².